The van der Waals surface area contributed by atoms with Crippen LogP contribution in [0.4, 0.5) is 0 Å². The van der Waals surface area contributed by atoms with Crippen molar-refractivity contribution in [3.05, 3.63) is 0 Å². The summed E-state index contributed by atoms with van der Waals surface area (Å²) >= 11 is 0.333. The summed E-state index contributed by atoms with van der Waals surface area (Å²) < 4.78 is 50.4. The molecular formula is C9H29Cl2O10P3W. The average molecular weight is 645 g/mol. The van der Waals surface area contributed by atoms with Gasteiger partial charge in [0.15, 0.2) is 0 Å². The molecule has 0 radical (unpaired) electrons. The third-order valence-corrected chi connectivity index (χ3v) is 4.02. The molecule has 0 bridgehead atoms. The van der Waals surface area contributed by atoms with Gasteiger partial charge in [-0.1, -0.05) is 0 Å². The van der Waals surface area contributed by atoms with Crippen LogP contribution >= 0.6 is 50.6 Å². The van der Waals surface area contributed by atoms with E-state index < -0.39 is 25.8 Å². The molecule has 160 valence electrons. The van der Waals surface area contributed by atoms with Gasteiger partial charge in [0.2, 0.25) is 0 Å². The van der Waals surface area contributed by atoms with Gasteiger partial charge in [0.25, 0.3) is 0 Å². The van der Waals surface area contributed by atoms with Gasteiger partial charge in [-0.15, -0.1) is 24.8 Å². The normalized spacial score (nSPS) is 8.80. The van der Waals surface area contributed by atoms with Crippen molar-refractivity contribution in [1.29, 1.82) is 0 Å². The van der Waals surface area contributed by atoms with Gasteiger partial charge in [-0.2, -0.15) is 0 Å². The van der Waals surface area contributed by atoms with Gasteiger partial charge in [0.1, 0.15) is 0 Å². The maximum absolute atomic E-state index is 8.33. The van der Waals surface area contributed by atoms with Gasteiger partial charge in [0, 0.05) is 64.0 Å². The Balaban J connectivity index is -0.0000000496. The molecule has 0 amide bonds. The van der Waals surface area contributed by atoms with Crippen LogP contribution < -0.4 is 0 Å². The van der Waals surface area contributed by atoms with Crippen molar-refractivity contribution >= 4 is 50.6 Å². The number of halogens is 2. The van der Waals surface area contributed by atoms with Gasteiger partial charge in [-0.05, 0) is 0 Å². The van der Waals surface area contributed by atoms with Crippen LogP contribution in [-0.2, 0) is 63.9 Å². The molecule has 0 N–H and O–H groups in total. The van der Waals surface area contributed by atoms with Gasteiger partial charge >= 0.3 is 49.0 Å². The van der Waals surface area contributed by atoms with Crippen molar-refractivity contribution in [3.63, 3.8) is 0 Å². The Kier molecular flexibility index (Phi) is 67.3. The van der Waals surface area contributed by atoms with Crippen LogP contribution in [0.25, 0.3) is 0 Å². The van der Waals surface area contributed by atoms with Crippen LogP contribution in [0.15, 0.2) is 0 Å². The SMILES string of the molecule is COP(OC)OC.COP(OC)OC.COP(OC)OC.Cl.Cl.[O]=[W]. The Morgan fingerprint density at radius 1 is 0.400 bits per heavy atom. The second-order valence-corrected chi connectivity index (χ2v) is 6.94. The fourth-order valence-corrected chi connectivity index (χ4v) is 2.01. The van der Waals surface area contributed by atoms with Gasteiger partial charge in [-0.25, -0.2) is 0 Å². The number of rotatable bonds is 9. The van der Waals surface area contributed by atoms with Gasteiger partial charge in [0.05, 0.1) is 0 Å². The average Bonchev–Trinajstić information content (AvgIpc) is 2.62. The van der Waals surface area contributed by atoms with Crippen LogP contribution in [0, 0.1) is 0 Å². The molecule has 0 heterocycles. The number of hydrogen-bond donors (Lipinski definition) is 0. The van der Waals surface area contributed by atoms with Crippen molar-refractivity contribution in [2.45, 2.75) is 0 Å². The van der Waals surface area contributed by atoms with Gasteiger partial charge < -0.3 is 40.7 Å². The molecule has 0 fully saturated rings. The van der Waals surface area contributed by atoms with Crippen LogP contribution in [0.3, 0.4) is 0 Å². The topological polar surface area (TPSA) is 100 Å². The van der Waals surface area contributed by atoms with E-state index in [0.717, 1.165) is 0 Å². The molecule has 0 aromatic rings. The first-order chi connectivity index (χ1) is 11.0. The molecular weight excluding hydrogens is 616 g/mol. The van der Waals surface area contributed by atoms with E-state index in [9.17, 15) is 0 Å². The molecule has 0 rings (SSSR count). The second-order valence-electron chi connectivity index (χ2n) is 2.31. The molecule has 16 heteroatoms. The summed E-state index contributed by atoms with van der Waals surface area (Å²) in [6.07, 6.45) is 0. The minimum atomic E-state index is -1.05. The molecule has 0 spiro atoms. The van der Waals surface area contributed by atoms with E-state index in [1.54, 1.807) is 64.0 Å². The van der Waals surface area contributed by atoms with Crippen molar-refractivity contribution < 1.29 is 63.9 Å². The van der Waals surface area contributed by atoms with E-state index >= 15 is 0 Å². The van der Waals surface area contributed by atoms with Crippen molar-refractivity contribution in [3.8, 4) is 0 Å². The number of hydrogen-bond acceptors (Lipinski definition) is 10. The Hall–Kier alpha value is 2.00. The Morgan fingerprint density at radius 3 is 0.480 bits per heavy atom. The molecule has 0 aromatic carbocycles. The van der Waals surface area contributed by atoms with E-state index in [-0.39, 0.29) is 24.8 Å². The van der Waals surface area contributed by atoms with E-state index in [1.165, 1.54) is 0 Å². The van der Waals surface area contributed by atoms with Crippen LogP contribution in [-0.4, -0.2) is 64.0 Å². The molecule has 0 atom stereocenters. The monoisotopic (exact) mass is 644 g/mol. The Labute approximate surface area is 178 Å². The molecule has 0 aliphatic carbocycles. The Morgan fingerprint density at radius 2 is 0.480 bits per heavy atom. The quantitative estimate of drug-likeness (QED) is 0.340. The summed E-state index contributed by atoms with van der Waals surface area (Å²) in [6, 6.07) is 0. The van der Waals surface area contributed by atoms with E-state index in [0.29, 0.717) is 19.8 Å². The van der Waals surface area contributed by atoms with Crippen LogP contribution in [0.5, 0.6) is 0 Å². The molecule has 0 aromatic heterocycles. The zero-order valence-electron chi connectivity index (χ0n) is 15.6. The van der Waals surface area contributed by atoms with Crippen molar-refractivity contribution in [2.75, 3.05) is 64.0 Å². The summed E-state index contributed by atoms with van der Waals surface area (Å²) in [7, 11) is 10.7. The fourth-order valence-electron chi connectivity index (χ4n) is 0.671. The predicted octanol–water partition coefficient (Wildman–Crippen LogP) is 4.18. The van der Waals surface area contributed by atoms with E-state index in [1.807, 2.05) is 0 Å². The molecule has 0 unspecified atom stereocenters. The predicted molar refractivity (Wildman–Crippen MR) is 99.0 cm³/mol. The molecule has 0 saturated heterocycles. The van der Waals surface area contributed by atoms with Crippen molar-refractivity contribution in [1.82, 2.24) is 0 Å². The van der Waals surface area contributed by atoms with Gasteiger partial charge in [-0.3, -0.25) is 0 Å². The third-order valence-electron chi connectivity index (χ3n) is 1.34. The molecule has 0 aliphatic rings. The first-order valence-electron chi connectivity index (χ1n) is 5.48. The van der Waals surface area contributed by atoms with E-state index in [4.69, 9.17) is 3.40 Å². The van der Waals surface area contributed by atoms with E-state index in [2.05, 4.69) is 40.7 Å². The zero-order chi connectivity index (χ0) is 19.1. The van der Waals surface area contributed by atoms with Crippen LogP contribution in [0.1, 0.15) is 0 Å². The molecule has 0 saturated carbocycles. The summed E-state index contributed by atoms with van der Waals surface area (Å²) in [5.74, 6) is 0. The summed E-state index contributed by atoms with van der Waals surface area (Å²) in [5.41, 5.74) is 0. The maximum atomic E-state index is 8.33. The summed E-state index contributed by atoms with van der Waals surface area (Å²) in [4.78, 5) is 0. The Bertz CT molecular complexity index is 152. The third kappa shape index (κ3) is 37.4. The second kappa shape index (κ2) is 40.6. The standard InChI is InChI=1S/3C3H9O3P.2ClH.O.W/c3*1-4-7(5-2)6-3;;;;/h3*1-3H3;2*1H;;. The summed E-state index contributed by atoms with van der Waals surface area (Å²) in [5, 5.41) is 0. The van der Waals surface area contributed by atoms with Crippen LogP contribution in [0.2, 0.25) is 0 Å². The first kappa shape index (κ1) is 41.4. The van der Waals surface area contributed by atoms with Crippen molar-refractivity contribution in [2.24, 2.45) is 0 Å². The molecule has 25 heavy (non-hydrogen) atoms. The fraction of sp³-hybridized carbons (Fsp3) is 1.00. The zero-order valence-corrected chi connectivity index (χ0v) is 22.9. The minimum absolute atomic E-state index is 0. The first-order valence-corrected chi connectivity index (χ1v) is 9.97. The molecule has 10 nitrogen and oxygen atoms in total. The summed E-state index contributed by atoms with van der Waals surface area (Å²) in [6.45, 7) is 0. The molecule has 0 aliphatic heterocycles.